The molecule has 0 aromatic carbocycles. The van der Waals surface area contributed by atoms with Crippen molar-refractivity contribution in [2.75, 3.05) is 18.0 Å². The summed E-state index contributed by atoms with van der Waals surface area (Å²) >= 11 is 9.14. The highest BCUT2D eigenvalue weighted by Crippen LogP contribution is 2.28. The van der Waals surface area contributed by atoms with Gasteiger partial charge in [-0.3, -0.25) is 4.79 Å². The van der Waals surface area contributed by atoms with E-state index in [1.807, 2.05) is 0 Å². The van der Waals surface area contributed by atoms with Gasteiger partial charge in [0.1, 0.15) is 11.5 Å². The number of carboxylic acids is 1. The lowest BCUT2D eigenvalue weighted by molar-refractivity contribution is 0.0672. The first-order valence-corrected chi connectivity index (χ1v) is 10.2. The molecule has 2 amide bonds. The SMILES string of the molecule is Cc1[nH]c(C(=O)N(C(=O)F)C2CCN(c3nc(Cl)nc(C(=O)O)c3C)CC2)cc1Br. The third-order valence-corrected chi connectivity index (χ3v) is 6.01. The average Bonchev–Trinajstić information content (AvgIpc) is 3.02. The molecule has 0 unspecified atom stereocenters. The number of rotatable bonds is 4. The van der Waals surface area contributed by atoms with Gasteiger partial charge in [0.05, 0.1) is 0 Å². The minimum absolute atomic E-state index is 0.109. The van der Waals surface area contributed by atoms with Crippen molar-refractivity contribution >= 4 is 51.4 Å². The van der Waals surface area contributed by atoms with Crippen molar-refractivity contribution in [3.8, 4) is 0 Å². The number of hydrogen-bond donors (Lipinski definition) is 2. The molecule has 3 heterocycles. The first kappa shape index (κ1) is 22.2. The molecule has 9 nitrogen and oxygen atoms in total. The van der Waals surface area contributed by atoms with Crippen LogP contribution in [0, 0.1) is 13.8 Å². The highest BCUT2D eigenvalue weighted by Gasteiger charge is 2.35. The van der Waals surface area contributed by atoms with Crippen LogP contribution in [-0.4, -0.2) is 62.1 Å². The van der Waals surface area contributed by atoms with Gasteiger partial charge in [0, 0.05) is 34.9 Å². The molecule has 30 heavy (non-hydrogen) atoms. The highest BCUT2D eigenvalue weighted by molar-refractivity contribution is 9.10. The number of aromatic carboxylic acids is 1. The molecule has 0 saturated carbocycles. The van der Waals surface area contributed by atoms with Gasteiger partial charge in [-0.2, -0.15) is 0 Å². The lowest BCUT2D eigenvalue weighted by Gasteiger charge is -2.37. The van der Waals surface area contributed by atoms with Crippen LogP contribution in [0.5, 0.6) is 0 Å². The van der Waals surface area contributed by atoms with Gasteiger partial charge in [-0.1, -0.05) is 0 Å². The van der Waals surface area contributed by atoms with E-state index in [0.717, 1.165) is 0 Å². The summed E-state index contributed by atoms with van der Waals surface area (Å²) < 4.78 is 14.4. The molecule has 1 aliphatic rings. The lowest BCUT2D eigenvalue weighted by Crippen LogP contribution is -2.49. The van der Waals surface area contributed by atoms with Crippen molar-refractivity contribution in [3.63, 3.8) is 0 Å². The maximum absolute atomic E-state index is 13.8. The number of anilines is 1. The van der Waals surface area contributed by atoms with Crippen molar-refractivity contribution in [3.05, 3.63) is 38.5 Å². The third kappa shape index (κ3) is 4.31. The molecular formula is C18H18BrClFN5O4. The van der Waals surface area contributed by atoms with Crippen molar-refractivity contribution in [2.45, 2.75) is 32.7 Å². The Kier molecular flexibility index (Phi) is 6.41. The van der Waals surface area contributed by atoms with Crippen molar-refractivity contribution < 1.29 is 23.9 Å². The van der Waals surface area contributed by atoms with Gasteiger partial charge in [0.25, 0.3) is 5.91 Å². The molecule has 0 spiro atoms. The Morgan fingerprint density at radius 2 is 1.93 bits per heavy atom. The molecule has 2 aromatic heterocycles. The second kappa shape index (κ2) is 8.68. The number of aromatic amines is 1. The van der Waals surface area contributed by atoms with Crippen molar-refractivity contribution in [1.82, 2.24) is 19.9 Å². The van der Waals surface area contributed by atoms with E-state index in [9.17, 15) is 23.9 Å². The van der Waals surface area contributed by atoms with E-state index >= 15 is 0 Å². The molecule has 1 saturated heterocycles. The molecule has 3 rings (SSSR count). The van der Waals surface area contributed by atoms with E-state index in [1.165, 1.54) is 6.07 Å². The van der Waals surface area contributed by atoms with Gasteiger partial charge in [-0.15, -0.1) is 4.39 Å². The number of aromatic nitrogens is 3. The molecule has 1 aliphatic heterocycles. The van der Waals surface area contributed by atoms with Gasteiger partial charge in [0.2, 0.25) is 5.28 Å². The Labute approximate surface area is 184 Å². The largest absolute Gasteiger partial charge is 0.476 e. The third-order valence-electron chi connectivity index (χ3n) is 5.01. The summed E-state index contributed by atoms with van der Waals surface area (Å²) in [5.74, 6) is -1.61. The molecule has 2 aromatic rings. The first-order valence-electron chi connectivity index (χ1n) is 9.00. The van der Waals surface area contributed by atoms with Crippen molar-refractivity contribution in [1.29, 1.82) is 0 Å². The number of carbonyl (C=O) groups is 3. The molecule has 0 radical (unpaired) electrons. The number of H-pyrrole nitrogens is 1. The van der Waals surface area contributed by atoms with Gasteiger partial charge in [0.15, 0.2) is 5.69 Å². The standard InChI is InChI=1S/C18H18BrClFN5O4/c1-8-13(16(28)29)23-17(20)24-14(8)25-5-3-10(4-6-25)26(18(21)30)15(27)12-7-11(19)9(2)22-12/h7,10,22H,3-6H2,1-2H3,(H,28,29). The van der Waals surface area contributed by atoms with Gasteiger partial charge >= 0.3 is 12.1 Å². The minimum atomic E-state index is -1.82. The van der Waals surface area contributed by atoms with E-state index < -0.39 is 24.1 Å². The van der Waals surface area contributed by atoms with E-state index in [2.05, 4.69) is 30.9 Å². The normalized spacial score (nSPS) is 14.6. The number of hydrogen-bond acceptors (Lipinski definition) is 6. The zero-order chi connectivity index (χ0) is 22.2. The average molecular weight is 503 g/mol. The van der Waals surface area contributed by atoms with Crippen LogP contribution in [0.1, 0.15) is 45.1 Å². The number of aryl methyl sites for hydroxylation is 1. The Bertz CT molecular complexity index is 1000. The Balaban J connectivity index is 1.79. The number of carboxylic acid groups (broad SMARTS) is 1. The second-order valence-corrected chi connectivity index (χ2v) is 8.09. The summed E-state index contributed by atoms with van der Waals surface area (Å²) in [6.07, 6.45) is -1.26. The summed E-state index contributed by atoms with van der Waals surface area (Å²) in [5.41, 5.74) is 0.948. The van der Waals surface area contributed by atoms with Crippen LogP contribution in [0.3, 0.4) is 0 Å². The number of carbonyl (C=O) groups excluding carboxylic acids is 2. The Morgan fingerprint density at radius 1 is 1.30 bits per heavy atom. The Hall–Kier alpha value is -2.53. The van der Waals surface area contributed by atoms with Crippen LogP contribution in [0.4, 0.5) is 15.0 Å². The van der Waals surface area contributed by atoms with E-state index in [0.29, 0.717) is 39.5 Å². The van der Waals surface area contributed by atoms with Crippen LogP contribution in [0.2, 0.25) is 5.28 Å². The smallest absolute Gasteiger partial charge is 0.407 e. The molecule has 1 fully saturated rings. The predicted molar refractivity (Wildman–Crippen MR) is 110 cm³/mol. The van der Waals surface area contributed by atoms with Crippen LogP contribution in [-0.2, 0) is 0 Å². The molecule has 0 aliphatic carbocycles. The summed E-state index contributed by atoms with van der Waals surface area (Å²) in [6.45, 7) is 3.96. The number of nitrogens with zero attached hydrogens (tertiary/aromatic N) is 4. The van der Waals surface area contributed by atoms with Crippen LogP contribution >= 0.6 is 27.5 Å². The topological polar surface area (TPSA) is 119 Å². The summed E-state index contributed by atoms with van der Waals surface area (Å²) in [5, 5.41) is 9.09. The quantitative estimate of drug-likeness (QED) is 0.371. The first-order chi connectivity index (χ1) is 14.1. The highest BCUT2D eigenvalue weighted by atomic mass is 79.9. The maximum Gasteiger partial charge on any atom is 0.407 e. The fourth-order valence-corrected chi connectivity index (χ4v) is 3.99. The molecule has 2 N–H and O–H groups in total. The van der Waals surface area contributed by atoms with Gasteiger partial charge in [-0.25, -0.2) is 24.5 Å². The maximum atomic E-state index is 13.8. The van der Waals surface area contributed by atoms with E-state index in [-0.39, 0.29) is 29.5 Å². The number of halogens is 3. The van der Waals surface area contributed by atoms with Gasteiger partial charge in [-0.05, 0) is 60.3 Å². The van der Waals surface area contributed by atoms with Gasteiger partial charge < -0.3 is 15.0 Å². The molecule has 0 atom stereocenters. The van der Waals surface area contributed by atoms with Crippen LogP contribution in [0.25, 0.3) is 0 Å². The summed E-state index contributed by atoms with van der Waals surface area (Å²) in [7, 11) is 0. The van der Waals surface area contributed by atoms with Crippen molar-refractivity contribution in [2.24, 2.45) is 0 Å². The van der Waals surface area contributed by atoms with E-state index in [4.69, 9.17) is 11.6 Å². The number of amides is 2. The monoisotopic (exact) mass is 501 g/mol. The summed E-state index contributed by atoms with van der Waals surface area (Å²) in [6, 6.07) is 0.854. The van der Waals surface area contributed by atoms with Crippen LogP contribution in [0.15, 0.2) is 10.5 Å². The zero-order valence-electron chi connectivity index (χ0n) is 16.1. The molecule has 0 bridgehead atoms. The molecular weight excluding hydrogens is 485 g/mol. The minimum Gasteiger partial charge on any atom is -0.476 e. The number of piperidine rings is 1. The second-order valence-electron chi connectivity index (χ2n) is 6.90. The summed E-state index contributed by atoms with van der Waals surface area (Å²) in [4.78, 5) is 48.8. The van der Waals surface area contributed by atoms with E-state index in [1.54, 1.807) is 18.7 Å². The van der Waals surface area contributed by atoms with Crippen LogP contribution < -0.4 is 4.90 Å². The zero-order valence-corrected chi connectivity index (χ0v) is 18.4. The predicted octanol–water partition coefficient (Wildman–Crippen LogP) is 3.74. The molecule has 12 heteroatoms. The Morgan fingerprint density at radius 3 is 2.43 bits per heavy atom. The fourth-order valence-electron chi connectivity index (χ4n) is 3.50. The number of nitrogens with one attached hydrogen (secondary N) is 1. The fraction of sp³-hybridized carbons (Fsp3) is 0.389. The molecule has 160 valence electrons. The lowest BCUT2D eigenvalue weighted by atomic mass is 10.0. The number of imide groups is 1.